The van der Waals surface area contributed by atoms with Crippen molar-refractivity contribution >= 4 is 17.9 Å². The Morgan fingerprint density at radius 1 is 0.852 bits per heavy atom. The zero-order valence-corrected chi connectivity index (χ0v) is 13.9. The van der Waals surface area contributed by atoms with Gasteiger partial charge in [-0.2, -0.15) is 0 Å². The Bertz CT molecular complexity index is 1010. The van der Waals surface area contributed by atoms with Gasteiger partial charge in [-0.1, -0.05) is 24.3 Å². The Morgan fingerprint density at radius 2 is 1.56 bits per heavy atom. The average Bonchev–Trinajstić information content (AvgIpc) is 3.14. The molecule has 0 saturated carbocycles. The number of halogens is 2. The standard InChI is InChI=1S/C20H14F2N2O3/c21-16-7-3-1-5-14(16)18-11-9-13(27-18)10-12-19(25)23-24-20(26)15-6-2-4-8-17(15)22/h1-12H,(H,23,25)(H,24,26)/b12-10+. The van der Waals surface area contributed by atoms with Crippen LogP contribution < -0.4 is 10.9 Å². The second-order valence-corrected chi connectivity index (χ2v) is 5.44. The second-order valence-electron chi connectivity index (χ2n) is 5.44. The van der Waals surface area contributed by atoms with Gasteiger partial charge in [-0.05, 0) is 42.5 Å². The van der Waals surface area contributed by atoms with Crippen LogP contribution in [0.15, 0.2) is 71.2 Å². The molecule has 1 aromatic heterocycles. The number of hydrogen-bond donors (Lipinski definition) is 2. The van der Waals surface area contributed by atoms with Crippen LogP contribution in [0.2, 0.25) is 0 Å². The van der Waals surface area contributed by atoms with Gasteiger partial charge in [-0.15, -0.1) is 0 Å². The molecule has 0 saturated heterocycles. The number of benzene rings is 2. The van der Waals surface area contributed by atoms with Gasteiger partial charge in [0.1, 0.15) is 23.2 Å². The fraction of sp³-hybridized carbons (Fsp3) is 0. The van der Waals surface area contributed by atoms with Crippen molar-refractivity contribution in [2.45, 2.75) is 0 Å². The summed E-state index contributed by atoms with van der Waals surface area (Å²) in [6.07, 6.45) is 2.47. The summed E-state index contributed by atoms with van der Waals surface area (Å²) >= 11 is 0. The van der Waals surface area contributed by atoms with Crippen molar-refractivity contribution in [3.8, 4) is 11.3 Å². The third kappa shape index (κ3) is 4.46. The molecule has 2 aromatic carbocycles. The molecule has 3 rings (SSSR count). The maximum absolute atomic E-state index is 13.7. The molecule has 1 heterocycles. The summed E-state index contributed by atoms with van der Waals surface area (Å²) < 4.78 is 32.7. The molecular formula is C20H14F2N2O3. The van der Waals surface area contributed by atoms with Crippen LogP contribution in [0.1, 0.15) is 16.1 Å². The van der Waals surface area contributed by atoms with Crippen LogP contribution in [-0.2, 0) is 4.79 Å². The number of amides is 2. The van der Waals surface area contributed by atoms with Crippen LogP contribution in [0.4, 0.5) is 8.78 Å². The fourth-order valence-electron chi connectivity index (χ4n) is 2.28. The lowest BCUT2D eigenvalue weighted by atomic mass is 10.1. The van der Waals surface area contributed by atoms with E-state index in [1.54, 1.807) is 30.3 Å². The van der Waals surface area contributed by atoms with E-state index in [0.29, 0.717) is 17.1 Å². The Morgan fingerprint density at radius 3 is 2.30 bits per heavy atom. The highest BCUT2D eigenvalue weighted by Gasteiger charge is 2.11. The molecule has 3 aromatic rings. The zero-order chi connectivity index (χ0) is 19.2. The first kappa shape index (κ1) is 18.1. The lowest BCUT2D eigenvalue weighted by Crippen LogP contribution is -2.41. The van der Waals surface area contributed by atoms with E-state index < -0.39 is 23.4 Å². The van der Waals surface area contributed by atoms with Gasteiger partial charge in [0.05, 0.1) is 11.1 Å². The van der Waals surface area contributed by atoms with E-state index >= 15 is 0 Å². The Kier molecular flexibility index (Phi) is 5.41. The lowest BCUT2D eigenvalue weighted by Gasteiger charge is -2.05. The molecule has 0 aliphatic rings. The Labute approximate surface area is 153 Å². The van der Waals surface area contributed by atoms with Crippen LogP contribution >= 0.6 is 0 Å². The van der Waals surface area contributed by atoms with Gasteiger partial charge in [0, 0.05) is 6.08 Å². The number of carbonyl (C=O) groups excluding carboxylic acids is 2. The molecule has 2 N–H and O–H groups in total. The average molecular weight is 368 g/mol. The van der Waals surface area contributed by atoms with E-state index in [1.165, 1.54) is 30.3 Å². The minimum absolute atomic E-state index is 0.192. The quantitative estimate of drug-likeness (QED) is 0.545. The molecule has 0 radical (unpaired) electrons. The summed E-state index contributed by atoms with van der Waals surface area (Å²) in [7, 11) is 0. The number of hydrazine groups is 1. The van der Waals surface area contributed by atoms with E-state index in [1.807, 2.05) is 0 Å². The first-order chi connectivity index (χ1) is 13.0. The summed E-state index contributed by atoms with van der Waals surface area (Å²) in [5.74, 6) is -1.91. The third-order valence-electron chi connectivity index (χ3n) is 3.58. The van der Waals surface area contributed by atoms with Crippen LogP contribution in [0.25, 0.3) is 17.4 Å². The molecule has 0 aliphatic carbocycles. The van der Waals surface area contributed by atoms with Gasteiger partial charge in [0.15, 0.2) is 0 Å². The molecule has 0 atom stereocenters. The van der Waals surface area contributed by atoms with Crippen LogP contribution in [0.3, 0.4) is 0 Å². The molecule has 2 amide bonds. The van der Waals surface area contributed by atoms with E-state index in [4.69, 9.17) is 4.42 Å². The van der Waals surface area contributed by atoms with Crippen molar-refractivity contribution in [3.63, 3.8) is 0 Å². The number of hydrogen-bond acceptors (Lipinski definition) is 3. The van der Waals surface area contributed by atoms with Gasteiger partial charge in [0.2, 0.25) is 0 Å². The van der Waals surface area contributed by atoms with Gasteiger partial charge in [0.25, 0.3) is 11.8 Å². The van der Waals surface area contributed by atoms with Gasteiger partial charge < -0.3 is 4.42 Å². The van der Waals surface area contributed by atoms with Crippen molar-refractivity contribution < 1.29 is 22.8 Å². The van der Waals surface area contributed by atoms with Crippen molar-refractivity contribution in [2.24, 2.45) is 0 Å². The molecule has 0 spiro atoms. The number of furan rings is 1. The summed E-state index contributed by atoms with van der Waals surface area (Å²) in [5, 5.41) is 0. The fourth-order valence-corrected chi connectivity index (χ4v) is 2.28. The smallest absolute Gasteiger partial charge is 0.272 e. The number of carbonyl (C=O) groups is 2. The molecule has 0 fully saturated rings. The highest BCUT2D eigenvalue weighted by atomic mass is 19.1. The molecule has 0 unspecified atom stereocenters. The van der Waals surface area contributed by atoms with Crippen molar-refractivity contribution in [3.05, 3.63) is 89.7 Å². The van der Waals surface area contributed by atoms with E-state index in [2.05, 4.69) is 10.9 Å². The first-order valence-electron chi connectivity index (χ1n) is 7.92. The minimum atomic E-state index is -0.783. The second kappa shape index (κ2) is 8.09. The van der Waals surface area contributed by atoms with Crippen LogP contribution in [0, 0.1) is 11.6 Å². The molecule has 0 aliphatic heterocycles. The Hall–Kier alpha value is -3.74. The molecule has 5 nitrogen and oxygen atoms in total. The SMILES string of the molecule is O=C(/C=C/c1ccc(-c2ccccc2F)o1)NNC(=O)c1ccccc1F. The molecule has 27 heavy (non-hydrogen) atoms. The van der Waals surface area contributed by atoms with Crippen molar-refractivity contribution in [1.82, 2.24) is 10.9 Å². The normalized spacial score (nSPS) is 10.7. The number of nitrogens with one attached hydrogen (secondary N) is 2. The minimum Gasteiger partial charge on any atom is -0.457 e. The zero-order valence-electron chi connectivity index (χ0n) is 13.9. The van der Waals surface area contributed by atoms with Crippen LogP contribution in [-0.4, -0.2) is 11.8 Å². The first-order valence-corrected chi connectivity index (χ1v) is 7.92. The highest BCUT2D eigenvalue weighted by Crippen LogP contribution is 2.25. The van der Waals surface area contributed by atoms with Gasteiger partial charge >= 0.3 is 0 Å². The molecule has 7 heteroatoms. The third-order valence-corrected chi connectivity index (χ3v) is 3.58. The monoisotopic (exact) mass is 368 g/mol. The van der Waals surface area contributed by atoms with Crippen molar-refractivity contribution in [1.29, 1.82) is 0 Å². The largest absolute Gasteiger partial charge is 0.457 e. The summed E-state index contributed by atoms with van der Waals surface area (Å²) in [6.45, 7) is 0. The lowest BCUT2D eigenvalue weighted by molar-refractivity contribution is -0.117. The van der Waals surface area contributed by atoms with Crippen molar-refractivity contribution in [2.75, 3.05) is 0 Å². The highest BCUT2D eigenvalue weighted by molar-refractivity contribution is 5.97. The van der Waals surface area contributed by atoms with E-state index in [-0.39, 0.29) is 5.56 Å². The van der Waals surface area contributed by atoms with Gasteiger partial charge in [-0.25, -0.2) is 8.78 Å². The molecule has 136 valence electrons. The summed E-state index contributed by atoms with van der Waals surface area (Å²) in [6, 6.07) is 14.7. The number of rotatable bonds is 4. The predicted molar refractivity (Wildman–Crippen MR) is 95.1 cm³/mol. The Balaban J connectivity index is 1.59. The van der Waals surface area contributed by atoms with E-state index in [0.717, 1.165) is 12.1 Å². The summed E-state index contributed by atoms with van der Waals surface area (Å²) in [4.78, 5) is 23.6. The maximum atomic E-state index is 13.7. The topological polar surface area (TPSA) is 71.3 Å². The molecular weight excluding hydrogens is 354 g/mol. The predicted octanol–water partition coefficient (Wildman–Crippen LogP) is 3.70. The maximum Gasteiger partial charge on any atom is 0.272 e. The van der Waals surface area contributed by atoms with Gasteiger partial charge in [-0.3, -0.25) is 20.4 Å². The summed E-state index contributed by atoms with van der Waals surface area (Å²) in [5.41, 5.74) is 4.35. The molecule has 0 bridgehead atoms. The van der Waals surface area contributed by atoms with E-state index in [9.17, 15) is 18.4 Å². The van der Waals surface area contributed by atoms with Crippen LogP contribution in [0.5, 0.6) is 0 Å².